The standard InChI is InChI=1S/C29H27NOS/c1-2-3-18-27(30-31)29(32-26-20-19-22-12-10-11-17-25(22)21-26)28(23-13-6-4-7-14-23)24-15-8-5-9-16-24/h4-17,19-21,31H,2-3,18H2,1H3/b30-27+. The molecule has 4 rings (SSSR count). The molecule has 0 amide bonds. The SMILES string of the molecule is CCCC/C(=N\O)C(Sc1ccc2ccccc2c1)=C(c1ccccc1)c1ccccc1. The van der Waals surface area contributed by atoms with Gasteiger partial charge < -0.3 is 5.21 Å². The lowest BCUT2D eigenvalue weighted by Gasteiger charge is -2.18. The molecule has 0 spiro atoms. The number of benzene rings is 4. The highest BCUT2D eigenvalue weighted by molar-refractivity contribution is 8.04. The van der Waals surface area contributed by atoms with Crippen molar-refractivity contribution in [2.45, 2.75) is 31.1 Å². The minimum atomic E-state index is 0.728. The van der Waals surface area contributed by atoms with Crippen LogP contribution in [0.1, 0.15) is 37.3 Å². The molecule has 32 heavy (non-hydrogen) atoms. The lowest BCUT2D eigenvalue weighted by atomic mass is 9.95. The number of hydrogen-bond donors (Lipinski definition) is 1. The average Bonchev–Trinajstić information content (AvgIpc) is 2.86. The Morgan fingerprint density at radius 3 is 1.94 bits per heavy atom. The fourth-order valence-electron chi connectivity index (χ4n) is 3.79. The summed E-state index contributed by atoms with van der Waals surface area (Å²) in [6.07, 6.45) is 2.74. The molecule has 0 aromatic heterocycles. The van der Waals surface area contributed by atoms with E-state index in [1.54, 1.807) is 11.8 Å². The normalized spacial score (nSPS) is 11.5. The second-order valence-electron chi connectivity index (χ2n) is 7.70. The van der Waals surface area contributed by atoms with Crippen LogP contribution in [-0.2, 0) is 0 Å². The topological polar surface area (TPSA) is 32.6 Å². The van der Waals surface area contributed by atoms with Gasteiger partial charge in [-0.15, -0.1) is 0 Å². The van der Waals surface area contributed by atoms with Gasteiger partial charge in [-0.3, -0.25) is 0 Å². The molecule has 4 aromatic carbocycles. The Kier molecular flexibility index (Phi) is 7.42. The van der Waals surface area contributed by atoms with Crippen molar-refractivity contribution in [2.75, 3.05) is 0 Å². The van der Waals surface area contributed by atoms with E-state index < -0.39 is 0 Å². The van der Waals surface area contributed by atoms with Gasteiger partial charge in [0.1, 0.15) is 0 Å². The Balaban J connectivity index is 1.91. The maximum atomic E-state index is 10.1. The Morgan fingerprint density at radius 2 is 1.34 bits per heavy atom. The highest BCUT2D eigenvalue weighted by Crippen LogP contribution is 2.39. The maximum absolute atomic E-state index is 10.1. The number of nitrogens with zero attached hydrogens (tertiary/aromatic N) is 1. The van der Waals surface area contributed by atoms with Crippen LogP contribution >= 0.6 is 11.8 Å². The van der Waals surface area contributed by atoms with Crippen LogP contribution in [-0.4, -0.2) is 10.9 Å². The number of oxime groups is 1. The molecule has 0 aliphatic carbocycles. The summed E-state index contributed by atoms with van der Waals surface area (Å²) in [4.78, 5) is 2.12. The first-order chi connectivity index (χ1) is 15.8. The van der Waals surface area contributed by atoms with Gasteiger partial charge in [-0.2, -0.15) is 0 Å². The number of unbranched alkanes of at least 4 members (excludes halogenated alkanes) is 1. The van der Waals surface area contributed by atoms with E-state index in [4.69, 9.17) is 0 Å². The highest BCUT2D eigenvalue weighted by atomic mass is 32.2. The molecule has 160 valence electrons. The van der Waals surface area contributed by atoms with Gasteiger partial charge in [-0.05, 0) is 46.9 Å². The van der Waals surface area contributed by atoms with E-state index in [0.29, 0.717) is 0 Å². The molecule has 0 fully saturated rings. The van der Waals surface area contributed by atoms with Crippen LogP contribution in [0.3, 0.4) is 0 Å². The summed E-state index contributed by atoms with van der Waals surface area (Å²) in [6.45, 7) is 2.16. The fraction of sp³-hybridized carbons (Fsp3) is 0.138. The van der Waals surface area contributed by atoms with Crippen molar-refractivity contribution in [1.82, 2.24) is 0 Å². The molecular formula is C29H27NOS. The third-order valence-electron chi connectivity index (χ3n) is 5.44. The average molecular weight is 438 g/mol. The number of allylic oxidation sites excluding steroid dienone is 1. The van der Waals surface area contributed by atoms with Gasteiger partial charge >= 0.3 is 0 Å². The van der Waals surface area contributed by atoms with E-state index >= 15 is 0 Å². The van der Waals surface area contributed by atoms with Gasteiger partial charge in [-0.25, -0.2) is 0 Å². The monoisotopic (exact) mass is 437 g/mol. The summed E-state index contributed by atoms with van der Waals surface area (Å²) >= 11 is 1.67. The van der Waals surface area contributed by atoms with Gasteiger partial charge in [0.2, 0.25) is 0 Å². The van der Waals surface area contributed by atoms with Crippen LogP contribution in [0.15, 0.2) is 118 Å². The van der Waals surface area contributed by atoms with Crippen LogP contribution in [0.25, 0.3) is 16.3 Å². The van der Waals surface area contributed by atoms with Crippen LogP contribution < -0.4 is 0 Å². The number of rotatable bonds is 8. The summed E-state index contributed by atoms with van der Waals surface area (Å²) in [5, 5.41) is 16.3. The second kappa shape index (κ2) is 10.8. The number of hydrogen-bond acceptors (Lipinski definition) is 3. The van der Waals surface area contributed by atoms with E-state index in [1.165, 1.54) is 10.8 Å². The molecule has 2 nitrogen and oxygen atoms in total. The predicted octanol–water partition coefficient (Wildman–Crippen LogP) is 8.41. The molecule has 0 saturated carbocycles. The van der Waals surface area contributed by atoms with Crippen molar-refractivity contribution < 1.29 is 5.21 Å². The van der Waals surface area contributed by atoms with Crippen LogP contribution in [0.5, 0.6) is 0 Å². The van der Waals surface area contributed by atoms with Crippen molar-refractivity contribution in [2.24, 2.45) is 5.16 Å². The first-order valence-electron chi connectivity index (χ1n) is 11.0. The minimum Gasteiger partial charge on any atom is -0.411 e. The van der Waals surface area contributed by atoms with Crippen LogP contribution in [0.4, 0.5) is 0 Å². The Morgan fingerprint density at radius 1 is 0.750 bits per heavy atom. The molecule has 0 unspecified atom stereocenters. The van der Waals surface area contributed by atoms with Crippen molar-refractivity contribution in [3.8, 4) is 0 Å². The summed E-state index contributed by atoms with van der Waals surface area (Å²) in [7, 11) is 0. The lowest BCUT2D eigenvalue weighted by molar-refractivity contribution is 0.318. The van der Waals surface area contributed by atoms with Gasteiger partial charge in [0.25, 0.3) is 0 Å². The van der Waals surface area contributed by atoms with Gasteiger partial charge in [-0.1, -0.05) is 121 Å². The molecule has 3 heteroatoms. The molecule has 0 heterocycles. The molecule has 0 atom stereocenters. The molecule has 0 radical (unpaired) electrons. The van der Waals surface area contributed by atoms with Crippen molar-refractivity contribution in [3.05, 3.63) is 119 Å². The quantitative estimate of drug-likeness (QED) is 0.130. The summed E-state index contributed by atoms with van der Waals surface area (Å²) in [5.41, 5.74) is 4.04. The molecule has 0 bridgehead atoms. The van der Waals surface area contributed by atoms with Crippen LogP contribution in [0.2, 0.25) is 0 Å². The molecular weight excluding hydrogens is 410 g/mol. The van der Waals surface area contributed by atoms with Gasteiger partial charge in [0.05, 0.1) is 5.71 Å². The van der Waals surface area contributed by atoms with E-state index in [2.05, 4.69) is 103 Å². The Hall–Kier alpha value is -3.30. The second-order valence-corrected chi connectivity index (χ2v) is 8.78. The zero-order valence-electron chi connectivity index (χ0n) is 18.2. The van der Waals surface area contributed by atoms with Crippen LogP contribution in [0, 0.1) is 0 Å². The molecule has 0 saturated heterocycles. The maximum Gasteiger partial charge on any atom is 0.0941 e. The Labute approximate surface area is 194 Å². The highest BCUT2D eigenvalue weighted by Gasteiger charge is 2.19. The zero-order chi connectivity index (χ0) is 22.2. The molecule has 0 aliphatic rings. The van der Waals surface area contributed by atoms with E-state index in [1.807, 2.05) is 12.1 Å². The summed E-state index contributed by atoms with van der Waals surface area (Å²) < 4.78 is 0. The molecule has 1 N–H and O–H groups in total. The van der Waals surface area contributed by atoms with Gasteiger partial charge in [0, 0.05) is 15.4 Å². The Bertz CT molecular complexity index is 1190. The lowest BCUT2D eigenvalue weighted by Crippen LogP contribution is -2.05. The largest absolute Gasteiger partial charge is 0.411 e. The fourth-order valence-corrected chi connectivity index (χ4v) is 4.95. The summed E-state index contributed by atoms with van der Waals surface area (Å²) in [6, 6.07) is 35.7. The zero-order valence-corrected chi connectivity index (χ0v) is 19.1. The van der Waals surface area contributed by atoms with E-state index in [0.717, 1.165) is 51.5 Å². The molecule has 4 aromatic rings. The first-order valence-corrected chi connectivity index (χ1v) is 11.8. The van der Waals surface area contributed by atoms with E-state index in [-0.39, 0.29) is 0 Å². The predicted molar refractivity (Wildman–Crippen MR) is 137 cm³/mol. The smallest absolute Gasteiger partial charge is 0.0941 e. The third kappa shape index (κ3) is 5.12. The van der Waals surface area contributed by atoms with Crippen molar-refractivity contribution in [1.29, 1.82) is 0 Å². The summed E-state index contributed by atoms with van der Waals surface area (Å²) in [5.74, 6) is 0. The first kappa shape index (κ1) is 21.9. The van der Waals surface area contributed by atoms with Crippen molar-refractivity contribution >= 4 is 33.8 Å². The minimum absolute atomic E-state index is 0.728. The number of thioether (sulfide) groups is 1. The third-order valence-corrected chi connectivity index (χ3v) is 6.58. The van der Waals surface area contributed by atoms with Gasteiger partial charge in [0.15, 0.2) is 0 Å². The number of fused-ring (bicyclic) bond motifs is 1. The van der Waals surface area contributed by atoms with E-state index in [9.17, 15) is 5.21 Å². The molecule has 0 aliphatic heterocycles. The van der Waals surface area contributed by atoms with Crippen molar-refractivity contribution in [3.63, 3.8) is 0 Å².